The molecule has 0 atom stereocenters. The van der Waals surface area contributed by atoms with Crippen LogP contribution in [0.15, 0.2) is 48.7 Å². The molecule has 0 amide bonds. The van der Waals surface area contributed by atoms with E-state index in [9.17, 15) is 4.79 Å². The number of aryl methyl sites for hydroxylation is 1. The highest BCUT2D eigenvalue weighted by Crippen LogP contribution is 2.18. The Morgan fingerprint density at radius 3 is 2.58 bits per heavy atom. The molecule has 4 nitrogen and oxygen atoms in total. The number of ether oxygens (including phenoxy) is 2. The summed E-state index contributed by atoms with van der Waals surface area (Å²) < 4.78 is 10.2. The zero-order valence-electron chi connectivity index (χ0n) is 10.7. The Morgan fingerprint density at radius 2 is 1.95 bits per heavy atom. The molecule has 1 aromatic heterocycles. The third-order valence-corrected chi connectivity index (χ3v) is 2.61. The van der Waals surface area contributed by atoms with Gasteiger partial charge in [0.15, 0.2) is 0 Å². The molecular weight excluding hydrogens is 242 g/mol. The van der Waals surface area contributed by atoms with Crippen LogP contribution in [0.25, 0.3) is 0 Å². The lowest BCUT2D eigenvalue weighted by atomic mass is 10.1. The number of hydrogen-bond acceptors (Lipinski definition) is 4. The minimum atomic E-state index is -0.218. The fraction of sp³-hybridized carbons (Fsp3) is 0.200. The van der Waals surface area contributed by atoms with Gasteiger partial charge in [-0.3, -0.25) is 4.79 Å². The van der Waals surface area contributed by atoms with Crippen LogP contribution in [-0.4, -0.2) is 18.1 Å². The van der Waals surface area contributed by atoms with Gasteiger partial charge < -0.3 is 9.47 Å². The molecule has 19 heavy (non-hydrogen) atoms. The Hall–Kier alpha value is -2.36. The smallest absolute Gasteiger partial charge is 0.305 e. The van der Waals surface area contributed by atoms with Crippen molar-refractivity contribution >= 4 is 5.97 Å². The summed E-state index contributed by atoms with van der Waals surface area (Å²) in [5.41, 5.74) is 0.978. The molecule has 2 aromatic rings. The molecule has 2 rings (SSSR count). The van der Waals surface area contributed by atoms with Crippen molar-refractivity contribution in [3.05, 3.63) is 54.2 Å². The number of aromatic nitrogens is 1. The summed E-state index contributed by atoms with van der Waals surface area (Å²) in [5.74, 6) is 1.06. The highest BCUT2D eigenvalue weighted by molar-refractivity contribution is 5.69. The van der Waals surface area contributed by atoms with Gasteiger partial charge >= 0.3 is 5.97 Å². The fourth-order valence-corrected chi connectivity index (χ4v) is 1.58. The first kappa shape index (κ1) is 13.1. The highest BCUT2D eigenvalue weighted by atomic mass is 16.5. The maximum atomic E-state index is 11.0. The third-order valence-electron chi connectivity index (χ3n) is 2.61. The number of rotatable bonds is 5. The molecule has 0 bridgehead atoms. The molecule has 1 aromatic carbocycles. The minimum Gasteiger partial charge on any atom is -0.469 e. The maximum absolute atomic E-state index is 11.0. The van der Waals surface area contributed by atoms with Crippen molar-refractivity contribution in [1.82, 2.24) is 4.98 Å². The molecule has 0 fully saturated rings. The molecule has 0 saturated heterocycles. The van der Waals surface area contributed by atoms with Gasteiger partial charge in [-0.1, -0.05) is 24.3 Å². The Balaban J connectivity index is 1.93. The number of carbonyl (C=O) groups is 1. The van der Waals surface area contributed by atoms with Gasteiger partial charge in [0, 0.05) is 18.7 Å². The fourth-order valence-electron chi connectivity index (χ4n) is 1.58. The van der Waals surface area contributed by atoms with Crippen molar-refractivity contribution in [1.29, 1.82) is 0 Å². The first-order chi connectivity index (χ1) is 9.28. The monoisotopic (exact) mass is 257 g/mol. The predicted octanol–water partition coefficient (Wildman–Crippen LogP) is 2.98. The van der Waals surface area contributed by atoms with E-state index in [1.807, 2.05) is 36.4 Å². The Bertz CT molecular complexity index is 523. The average molecular weight is 257 g/mol. The summed E-state index contributed by atoms with van der Waals surface area (Å²) in [6.07, 6.45) is 2.68. The van der Waals surface area contributed by atoms with Crippen LogP contribution in [-0.2, 0) is 16.0 Å². The second kappa shape index (κ2) is 6.54. The van der Waals surface area contributed by atoms with Gasteiger partial charge in [0.2, 0.25) is 5.88 Å². The van der Waals surface area contributed by atoms with Gasteiger partial charge in [0.1, 0.15) is 5.75 Å². The minimum absolute atomic E-state index is 0.218. The lowest BCUT2D eigenvalue weighted by molar-refractivity contribution is -0.140. The summed E-state index contributed by atoms with van der Waals surface area (Å²) in [4.78, 5) is 15.2. The zero-order valence-corrected chi connectivity index (χ0v) is 10.7. The first-order valence-electron chi connectivity index (χ1n) is 6.02. The summed E-state index contributed by atoms with van der Waals surface area (Å²) in [7, 11) is 1.39. The molecule has 0 aliphatic heterocycles. The molecule has 0 aliphatic rings. The Labute approximate surface area is 112 Å². The van der Waals surface area contributed by atoms with Crippen LogP contribution in [0.3, 0.4) is 0 Å². The van der Waals surface area contributed by atoms with E-state index >= 15 is 0 Å². The number of nitrogens with zero attached hydrogens (tertiary/aromatic N) is 1. The van der Waals surface area contributed by atoms with Crippen molar-refractivity contribution in [3.63, 3.8) is 0 Å². The van der Waals surface area contributed by atoms with Crippen LogP contribution in [0.5, 0.6) is 11.6 Å². The maximum Gasteiger partial charge on any atom is 0.305 e. The van der Waals surface area contributed by atoms with Crippen LogP contribution >= 0.6 is 0 Å². The topological polar surface area (TPSA) is 48.4 Å². The number of methoxy groups -OCH3 is 1. The molecule has 0 aliphatic carbocycles. The second-order valence-electron chi connectivity index (χ2n) is 4.00. The van der Waals surface area contributed by atoms with Gasteiger partial charge in [0.05, 0.1) is 7.11 Å². The van der Waals surface area contributed by atoms with Crippen LogP contribution in [0.4, 0.5) is 0 Å². The van der Waals surface area contributed by atoms with E-state index in [2.05, 4.69) is 9.72 Å². The van der Waals surface area contributed by atoms with Crippen molar-refractivity contribution < 1.29 is 14.3 Å². The average Bonchev–Trinajstić information content (AvgIpc) is 2.47. The predicted molar refractivity (Wildman–Crippen MR) is 71.1 cm³/mol. The number of pyridine rings is 1. The second-order valence-corrected chi connectivity index (χ2v) is 4.00. The van der Waals surface area contributed by atoms with E-state index < -0.39 is 0 Å². The summed E-state index contributed by atoms with van der Waals surface area (Å²) in [5, 5.41) is 0. The van der Waals surface area contributed by atoms with E-state index in [0.29, 0.717) is 18.7 Å². The van der Waals surface area contributed by atoms with E-state index in [4.69, 9.17) is 4.74 Å². The van der Waals surface area contributed by atoms with Gasteiger partial charge in [-0.15, -0.1) is 0 Å². The normalized spacial score (nSPS) is 9.95. The largest absolute Gasteiger partial charge is 0.469 e. The van der Waals surface area contributed by atoms with Crippen LogP contribution in [0.2, 0.25) is 0 Å². The first-order valence-corrected chi connectivity index (χ1v) is 6.02. The lowest BCUT2D eigenvalue weighted by Gasteiger charge is -2.05. The molecule has 0 N–H and O–H groups in total. The molecule has 4 heteroatoms. The summed E-state index contributed by atoms with van der Waals surface area (Å²) in [6.45, 7) is 0. The van der Waals surface area contributed by atoms with Crippen molar-refractivity contribution in [2.75, 3.05) is 7.11 Å². The van der Waals surface area contributed by atoms with E-state index in [1.165, 1.54) is 7.11 Å². The quantitative estimate of drug-likeness (QED) is 0.773. The summed E-state index contributed by atoms with van der Waals surface area (Å²) in [6, 6.07) is 13.2. The van der Waals surface area contributed by atoms with Crippen LogP contribution in [0, 0.1) is 0 Å². The van der Waals surface area contributed by atoms with Crippen molar-refractivity contribution in [3.8, 4) is 11.6 Å². The molecule has 1 heterocycles. The third kappa shape index (κ3) is 4.10. The lowest BCUT2D eigenvalue weighted by Crippen LogP contribution is -2.02. The van der Waals surface area contributed by atoms with Crippen LogP contribution in [0.1, 0.15) is 12.0 Å². The Morgan fingerprint density at radius 1 is 1.16 bits per heavy atom. The molecule has 0 radical (unpaired) electrons. The zero-order chi connectivity index (χ0) is 13.5. The number of hydrogen-bond donors (Lipinski definition) is 0. The molecule has 0 unspecified atom stereocenters. The number of carbonyl (C=O) groups excluding carboxylic acids is 1. The van der Waals surface area contributed by atoms with E-state index in [-0.39, 0.29) is 5.97 Å². The van der Waals surface area contributed by atoms with Crippen molar-refractivity contribution in [2.24, 2.45) is 0 Å². The standard InChI is InChI=1S/C15H15NO3/c1-18-15(17)10-8-12-7-9-14(16-11-12)19-13-5-3-2-4-6-13/h2-7,9,11H,8,10H2,1H3. The van der Waals surface area contributed by atoms with Crippen LogP contribution < -0.4 is 4.74 Å². The molecule has 98 valence electrons. The van der Waals surface area contributed by atoms with Gasteiger partial charge in [0.25, 0.3) is 0 Å². The molecule has 0 spiro atoms. The van der Waals surface area contributed by atoms with Gasteiger partial charge in [-0.25, -0.2) is 4.98 Å². The Kier molecular flexibility index (Phi) is 4.50. The SMILES string of the molecule is COC(=O)CCc1ccc(Oc2ccccc2)nc1. The number of para-hydroxylation sites is 1. The van der Waals surface area contributed by atoms with Gasteiger partial charge in [-0.05, 0) is 24.1 Å². The molecule has 0 saturated carbocycles. The number of esters is 1. The summed E-state index contributed by atoms with van der Waals surface area (Å²) >= 11 is 0. The van der Waals surface area contributed by atoms with Crippen molar-refractivity contribution in [2.45, 2.75) is 12.8 Å². The van der Waals surface area contributed by atoms with Gasteiger partial charge in [-0.2, -0.15) is 0 Å². The van der Waals surface area contributed by atoms with E-state index in [1.54, 1.807) is 12.3 Å². The van der Waals surface area contributed by atoms with E-state index in [0.717, 1.165) is 11.3 Å². The highest BCUT2D eigenvalue weighted by Gasteiger charge is 2.03. The molecular formula is C15H15NO3. The number of benzene rings is 1.